The van der Waals surface area contributed by atoms with Crippen molar-refractivity contribution in [3.63, 3.8) is 0 Å². The van der Waals surface area contributed by atoms with Crippen LogP contribution in [0.25, 0.3) is 10.9 Å². The summed E-state index contributed by atoms with van der Waals surface area (Å²) >= 11 is 0. The van der Waals surface area contributed by atoms with Gasteiger partial charge in [-0.15, -0.1) is 0 Å². The van der Waals surface area contributed by atoms with Crippen LogP contribution in [0.2, 0.25) is 0 Å². The minimum absolute atomic E-state index is 0.197. The van der Waals surface area contributed by atoms with E-state index in [4.69, 9.17) is 4.74 Å². The molecule has 3 N–H and O–H groups in total. The first-order valence-corrected chi connectivity index (χ1v) is 8.42. The Morgan fingerprint density at radius 3 is 2.54 bits per heavy atom. The van der Waals surface area contributed by atoms with E-state index >= 15 is 0 Å². The highest BCUT2D eigenvalue weighted by molar-refractivity contribution is 5.95. The second-order valence-corrected chi connectivity index (χ2v) is 6.33. The Bertz CT molecular complexity index is 1000. The van der Waals surface area contributed by atoms with Gasteiger partial charge in [-0.25, -0.2) is 9.59 Å². The first-order chi connectivity index (χ1) is 12.3. The van der Waals surface area contributed by atoms with Crippen LogP contribution in [-0.4, -0.2) is 23.6 Å². The number of carbonyl (C=O) groups excluding carboxylic acids is 2. The zero-order valence-electron chi connectivity index (χ0n) is 15.1. The molecule has 2 amide bonds. The molecule has 1 aliphatic rings. The standard InChI is InChI=1S/C19H21N3O4/c1-5-26-18(24)14-11(4)20-19(25)22-16(14)13-8-12-9(2)6-7-10(3)15(12)21-17(13)23/h6-8,16H,5H2,1-4H3,(H,21,23)(H2,20,22,25)/t16-/m0/s1. The molecule has 0 aliphatic carbocycles. The minimum atomic E-state index is -0.879. The third-order valence-corrected chi connectivity index (χ3v) is 4.55. The summed E-state index contributed by atoms with van der Waals surface area (Å²) in [5.41, 5.74) is 3.22. The SMILES string of the molecule is CCOC(=O)C1=C(C)NC(=O)N[C@H]1c1cc2c(C)ccc(C)c2[nH]c1=O. The molecule has 0 fully saturated rings. The van der Waals surface area contributed by atoms with Gasteiger partial charge in [-0.3, -0.25) is 4.79 Å². The maximum absolute atomic E-state index is 12.7. The van der Waals surface area contributed by atoms with E-state index in [0.29, 0.717) is 11.3 Å². The van der Waals surface area contributed by atoms with Crippen molar-refractivity contribution in [3.8, 4) is 0 Å². The Kier molecular flexibility index (Phi) is 4.54. The summed E-state index contributed by atoms with van der Waals surface area (Å²) in [5.74, 6) is -0.567. The van der Waals surface area contributed by atoms with Crippen molar-refractivity contribution in [2.24, 2.45) is 0 Å². The molecule has 136 valence electrons. The average Bonchev–Trinajstić information content (AvgIpc) is 2.57. The van der Waals surface area contributed by atoms with E-state index in [2.05, 4.69) is 15.6 Å². The molecule has 7 nitrogen and oxygen atoms in total. The van der Waals surface area contributed by atoms with Crippen LogP contribution in [0.3, 0.4) is 0 Å². The second-order valence-electron chi connectivity index (χ2n) is 6.33. The first-order valence-electron chi connectivity index (χ1n) is 8.42. The molecule has 26 heavy (non-hydrogen) atoms. The van der Waals surface area contributed by atoms with Crippen LogP contribution in [0.5, 0.6) is 0 Å². The summed E-state index contributed by atoms with van der Waals surface area (Å²) < 4.78 is 5.11. The lowest BCUT2D eigenvalue weighted by atomic mass is 9.94. The molecule has 0 saturated heterocycles. The molecule has 3 rings (SSSR count). The van der Waals surface area contributed by atoms with Crippen LogP contribution in [0.1, 0.15) is 36.6 Å². The monoisotopic (exact) mass is 355 g/mol. The normalized spacial score (nSPS) is 17.1. The van der Waals surface area contributed by atoms with Crippen LogP contribution in [-0.2, 0) is 9.53 Å². The fraction of sp³-hybridized carbons (Fsp3) is 0.316. The fourth-order valence-corrected chi connectivity index (χ4v) is 3.21. The van der Waals surface area contributed by atoms with Gasteiger partial charge in [0.25, 0.3) is 5.56 Å². The number of carbonyl (C=O) groups is 2. The number of benzene rings is 1. The van der Waals surface area contributed by atoms with Crippen molar-refractivity contribution >= 4 is 22.9 Å². The first kappa shape index (κ1) is 17.7. The summed E-state index contributed by atoms with van der Waals surface area (Å²) in [6.45, 7) is 7.37. The number of esters is 1. The summed E-state index contributed by atoms with van der Waals surface area (Å²) in [4.78, 5) is 40.0. The molecular formula is C19H21N3O4. The maximum atomic E-state index is 12.7. The predicted molar refractivity (Wildman–Crippen MR) is 97.8 cm³/mol. The number of aromatic amines is 1. The average molecular weight is 355 g/mol. The predicted octanol–water partition coefficient (Wildman–Crippen LogP) is 2.34. The number of ether oxygens (including phenoxy) is 1. The number of fused-ring (bicyclic) bond motifs is 1. The molecule has 0 saturated carbocycles. The van der Waals surface area contributed by atoms with Gasteiger partial charge in [0.15, 0.2) is 0 Å². The van der Waals surface area contributed by atoms with Gasteiger partial charge in [-0.2, -0.15) is 0 Å². The molecule has 0 spiro atoms. The number of hydrogen-bond acceptors (Lipinski definition) is 4. The summed E-state index contributed by atoms with van der Waals surface area (Å²) in [5, 5.41) is 6.09. The van der Waals surface area contributed by atoms with Gasteiger partial charge >= 0.3 is 12.0 Å². The lowest BCUT2D eigenvalue weighted by Crippen LogP contribution is -2.46. The number of urea groups is 1. The van der Waals surface area contributed by atoms with E-state index in [0.717, 1.165) is 22.0 Å². The van der Waals surface area contributed by atoms with Gasteiger partial charge in [-0.05, 0) is 44.9 Å². The highest BCUT2D eigenvalue weighted by Gasteiger charge is 2.33. The topological polar surface area (TPSA) is 100 Å². The van der Waals surface area contributed by atoms with Gasteiger partial charge in [0.05, 0.1) is 23.7 Å². The van der Waals surface area contributed by atoms with Crippen LogP contribution >= 0.6 is 0 Å². The molecule has 2 heterocycles. The van der Waals surface area contributed by atoms with Crippen LogP contribution in [0.15, 0.2) is 34.3 Å². The van der Waals surface area contributed by atoms with Crippen molar-refractivity contribution < 1.29 is 14.3 Å². The van der Waals surface area contributed by atoms with Crippen molar-refractivity contribution in [3.05, 3.63) is 56.5 Å². The smallest absolute Gasteiger partial charge is 0.338 e. The molecule has 7 heteroatoms. The number of aryl methyl sites for hydroxylation is 2. The number of pyridine rings is 1. The highest BCUT2D eigenvalue weighted by atomic mass is 16.5. The molecule has 0 radical (unpaired) electrons. The highest BCUT2D eigenvalue weighted by Crippen LogP contribution is 2.28. The van der Waals surface area contributed by atoms with E-state index in [1.54, 1.807) is 19.9 Å². The number of amides is 2. The molecule has 0 unspecified atom stereocenters. The van der Waals surface area contributed by atoms with Gasteiger partial charge in [0.1, 0.15) is 0 Å². The van der Waals surface area contributed by atoms with Gasteiger partial charge in [-0.1, -0.05) is 12.1 Å². The van der Waals surface area contributed by atoms with E-state index in [1.807, 2.05) is 26.0 Å². The van der Waals surface area contributed by atoms with Crippen molar-refractivity contribution in [1.82, 2.24) is 15.6 Å². The Morgan fingerprint density at radius 2 is 1.85 bits per heavy atom. The summed E-state index contributed by atoms with van der Waals surface area (Å²) in [6.07, 6.45) is 0. The lowest BCUT2D eigenvalue weighted by Gasteiger charge is -2.27. The zero-order valence-corrected chi connectivity index (χ0v) is 15.1. The van der Waals surface area contributed by atoms with E-state index in [-0.39, 0.29) is 17.7 Å². The van der Waals surface area contributed by atoms with Crippen LogP contribution < -0.4 is 16.2 Å². The minimum Gasteiger partial charge on any atom is -0.463 e. The molecule has 0 bridgehead atoms. The Morgan fingerprint density at radius 1 is 1.15 bits per heavy atom. The third kappa shape index (κ3) is 2.96. The summed E-state index contributed by atoms with van der Waals surface area (Å²) in [7, 11) is 0. The largest absolute Gasteiger partial charge is 0.463 e. The molecular weight excluding hydrogens is 334 g/mol. The number of H-pyrrole nitrogens is 1. The Hall–Kier alpha value is -3.09. The Balaban J connectivity index is 2.23. The van der Waals surface area contributed by atoms with Gasteiger partial charge in [0, 0.05) is 16.6 Å². The fourth-order valence-electron chi connectivity index (χ4n) is 3.21. The van der Waals surface area contributed by atoms with E-state index < -0.39 is 18.0 Å². The number of nitrogens with one attached hydrogen (secondary N) is 3. The number of aromatic nitrogens is 1. The van der Waals surface area contributed by atoms with Crippen molar-refractivity contribution in [2.45, 2.75) is 33.7 Å². The maximum Gasteiger partial charge on any atom is 0.338 e. The van der Waals surface area contributed by atoms with Crippen LogP contribution in [0.4, 0.5) is 4.79 Å². The van der Waals surface area contributed by atoms with Crippen molar-refractivity contribution in [2.75, 3.05) is 6.61 Å². The lowest BCUT2D eigenvalue weighted by molar-refractivity contribution is -0.139. The number of hydrogen-bond donors (Lipinski definition) is 3. The summed E-state index contributed by atoms with van der Waals surface area (Å²) in [6, 6.07) is 4.29. The second kappa shape index (κ2) is 6.67. The molecule has 1 aromatic heterocycles. The quantitative estimate of drug-likeness (QED) is 0.736. The van der Waals surface area contributed by atoms with Gasteiger partial charge < -0.3 is 20.4 Å². The zero-order chi connectivity index (χ0) is 19.0. The Labute approximate surface area is 150 Å². The van der Waals surface area contributed by atoms with Crippen molar-refractivity contribution in [1.29, 1.82) is 0 Å². The third-order valence-electron chi connectivity index (χ3n) is 4.55. The molecule has 1 atom stereocenters. The number of rotatable bonds is 3. The van der Waals surface area contributed by atoms with E-state index in [9.17, 15) is 14.4 Å². The van der Waals surface area contributed by atoms with Gasteiger partial charge in [0.2, 0.25) is 0 Å². The van der Waals surface area contributed by atoms with E-state index in [1.165, 1.54) is 0 Å². The molecule has 1 aromatic carbocycles. The molecule has 2 aromatic rings. The number of allylic oxidation sites excluding steroid dienone is 1. The molecule has 1 aliphatic heterocycles. The van der Waals surface area contributed by atoms with Crippen LogP contribution in [0, 0.1) is 13.8 Å².